The van der Waals surface area contributed by atoms with Gasteiger partial charge in [-0.15, -0.1) is 0 Å². The minimum atomic E-state index is -0.427. The molecule has 0 unspecified atom stereocenters. The van der Waals surface area contributed by atoms with Crippen LogP contribution in [0.3, 0.4) is 0 Å². The molecular weight excluding hydrogens is 423 g/mol. The zero-order chi connectivity index (χ0) is 22.0. The number of fused-ring (bicyclic) bond motifs is 1. The van der Waals surface area contributed by atoms with Crippen molar-refractivity contribution in [3.63, 3.8) is 0 Å². The molecule has 1 saturated heterocycles. The summed E-state index contributed by atoms with van der Waals surface area (Å²) >= 11 is 1.21. The summed E-state index contributed by atoms with van der Waals surface area (Å²) in [7, 11) is 1.62. The smallest absolute Gasteiger partial charge is 0.273 e. The lowest BCUT2D eigenvalue weighted by Gasteiger charge is -2.31. The summed E-state index contributed by atoms with van der Waals surface area (Å²) in [5.41, 5.74) is 0.398. The highest BCUT2D eigenvalue weighted by Crippen LogP contribution is 2.29. The molecule has 3 aromatic rings. The molecule has 11 heteroatoms. The molecule has 9 nitrogen and oxygen atoms in total. The second-order valence-corrected chi connectivity index (χ2v) is 8.26. The Balaban J connectivity index is 1.51. The number of hydrogen-bond donors (Lipinski definition) is 2. The van der Waals surface area contributed by atoms with Crippen LogP contribution in [0.4, 0.5) is 15.2 Å². The molecule has 1 aliphatic rings. The predicted molar refractivity (Wildman–Crippen MR) is 116 cm³/mol. The number of aromatic nitrogens is 3. The van der Waals surface area contributed by atoms with E-state index in [-0.39, 0.29) is 23.9 Å². The molecule has 0 saturated carbocycles. The van der Waals surface area contributed by atoms with Crippen LogP contribution in [0.25, 0.3) is 10.3 Å². The van der Waals surface area contributed by atoms with E-state index < -0.39 is 11.7 Å². The number of thiazole rings is 1. The van der Waals surface area contributed by atoms with Crippen molar-refractivity contribution in [3.8, 4) is 0 Å². The van der Waals surface area contributed by atoms with E-state index in [0.717, 1.165) is 19.4 Å². The highest BCUT2D eigenvalue weighted by Gasteiger charge is 2.27. The highest BCUT2D eigenvalue weighted by atomic mass is 32.1. The number of carbonyl (C=O) groups is 2. The van der Waals surface area contributed by atoms with Gasteiger partial charge in [0.25, 0.3) is 5.56 Å². The van der Waals surface area contributed by atoms with Crippen molar-refractivity contribution in [2.45, 2.75) is 19.4 Å². The van der Waals surface area contributed by atoms with E-state index in [1.807, 2.05) is 4.90 Å². The van der Waals surface area contributed by atoms with E-state index in [0.29, 0.717) is 27.7 Å². The van der Waals surface area contributed by atoms with Gasteiger partial charge in [0.05, 0.1) is 5.92 Å². The van der Waals surface area contributed by atoms with Crippen LogP contribution in [0, 0.1) is 11.7 Å². The summed E-state index contributed by atoms with van der Waals surface area (Å²) in [6, 6.07) is 5.36. The molecule has 162 valence electrons. The number of piperidine rings is 1. The van der Waals surface area contributed by atoms with Gasteiger partial charge in [-0.3, -0.25) is 19.0 Å². The molecule has 0 bridgehead atoms. The molecule has 31 heavy (non-hydrogen) atoms. The van der Waals surface area contributed by atoms with Crippen LogP contribution < -0.4 is 21.1 Å². The van der Waals surface area contributed by atoms with E-state index in [2.05, 4.69) is 20.6 Å². The van der Waals surface area contributed by atoms with Crippen molar-refractivity contribution in [2.24, 2.45) is 5.92 Å². The van der Waals surface area contributed by atoms with Crippen molar-refractivity contribution in [1.29, 1.82) is 0 Å². The summed E-state index contributed by atoms with van der Waals surface area (Å²) in [6.45, 7) is 1.06. The van der Waals surface area contributed by atoms with Crippen LogP contribution in [0.5, 0.6) is 0 Å². The van der Waals surface area contributed by atoms with Crippen molar-refractivity contribution >= 4 is 44.3 Å². The van der Waals surface area contributed by atoms with E-state index in [4.69, 9.17) is 0 Å². The number of nitrogens with one attached hydrogen (secondary N) is 2. The number of hydrogen-bond acceptors (Lipinski definition) is 7. The minimum absolute atomic E-state index is 0.00143. The second-order valence-electron chi connectivity index (χ2n) is 7.28. The van der Waals surface area contributed by atoms with Crippen LogP contribution in [-0.4, -0.2) is 46.5 Å². The molecule has 1 atom stereocenters. The Morgan fingerprint density at radius 1 is 1.29 bits per heavy atom. The Bertz CT molecular complexity index is 1180. The van der Waals surface area contributed by atoms with Gasteiger partial charge in [-0.1, -0.05) is 11.3 Å². The molecule has 4 rings (SSSR count). The zero-order valence-electron chi connectivity index (χ0n) is 16.8. The lowest BCUT2D eigenvalue weighted by atomic mass is 9.98. The third-order valence-electron chi connectivity index (χ3n) is 5.12. The van der Waals surface area contributed by atoms with Gasteiger partial charge in [0.15, 0.2) is 10.8 Å². The molecular formula is C20H21FN6O3S. The molecule has 2 N–H and O–H groups in total. The Morgan fingerprint density at radius 2 is 2.06 bits per heavy atom. The molecule has 1 fully saturated rings. The normalized spacial score (nSPS) is 16.3. The van der Waals surface area contributed by atoms with Crippen LogP contribution in [0.1, 0.15) is 12.8 Å². The Morgan fingerprint density at radius 3 is 2.81 bits per heavy atom. The topological polar surface area (TPSA) is 109 Å². The summed E-state index contributed by atoms with van der Waals surface area (Å²) in [4.78, 5) is 47.8. The van der Waals surface area contributed by atoms with E-state index >= 15 is 0 Å². The molecule has 2 amide bonds. The summed E-state index contributed by atoms with van der Waals surface area (Å²) in [6.07, 6.45) is 2.96. The summed E-state index contributed by atoms with van der Waals surface area (Å²) in [5.74, 6) is -0.951. The first-order chi connectivity index (χ1) is 14.9. The van der Waals surface area contributed by atoms with Gasteiger partial charge in [-0.25, -0.2) is 9.37 Å². The molecule has 0 spiro atoms. The van der Waals surface area contributed by atoms with Crippen molar-refractivity contribution in [2.75, 3.05) is 30.4 Å². The third-order valence-corrected chi connectivity index (χ3v) is 6.22. The van der Waals surface area contributed by atoms with E-state index in [1.54, 1.807) is 7.05 Å². The van der Waals surface area contributed by atoms with Gasteiger partial charge in [0.1, 0.15) is 23.4 Å². The molecule has 0 aliphatic carbocycles. The monoisotopic (exact) mass is 444 g/mol. The maximum absolute atomic E-state index is 13.0. The van der Waals surface area contributed by atoms with Crippen molar-refractivity contribution in [1.82, 2.24) is 19.9 Å². The number of halogens is 1. The highest BCUT2D eigenvalue weighted by molar-refractivity contribution is 7.22. The Labute approximate surface area is 180 Å². The maximum Gasteiger partial charge on any atom is 0.273 e. The molecule has 1 aliphatic heterocycles. The fourth-order valence-corrected chi connectivity index (χ4v) is 4.54. The number of rotatable bonds is 5. The average molecular weight is 444 g/mol. The Kier molecular flexibility index (Phi) is 5.94. The van der Waals surface area contributed by atoms with Gasteiger partial charge in [0, 0.05) is 25.8 Å². The molecule has 1 aromatic carbocycles. The SMILES string of the molecule is CNC(=O)[C@H]1CCCN(c2nc3ncn(CC(=O)Nc4ccc(F)cc4)c(=O)c3s2)C1. The van der Waals surface area contributed by atoms with Crippen LogP contribution in [0.2, 0.25) is 0 Å². The quantitative estimate of drug-likeness (QED) is 0.619. The van der Waals surface area contributed by atoms with Crippen LogP contribution >= 0.6 is 11.3 Å². The standard InChI is InChI=1S/C20H21FN6O3S/c1-22-18(29)12-3-2-8-26(9-12)20-25-17-16(31-20)19(30)27(11-23-17)10-15(28)24-14-6-4-13(21)5-7-14/h4-7,11-12H,2-3,8-10H2,1H3,(H,22,29)(H,24,28)/t12-/m0/s1. The van der Waals surface area contributed by atoms with E-state index in [9.17, 15) is 18.8 Å². The average Bonchev–Trinajstić information content (AvgIpc) is 3.22. The van der Waals surface area contributed by atoms with E-state index in [1.165, 1.54) is 46.5 Å². The van der Waals surface area contributed by atoms with Crippen LogP contribution in [0.15, 0.2) is 35.4 Å². The number of anilines is 2. The van der Waals surface area contributed by atoms with Gasteiger partial charge < -0.3 is 15.5 Å². The first-order valence-electron chi connectivity index (χ1n) is 9.82. The largest absolute Gasteiger partial charge is 0.359 e. The predicted octanol–water partition coefficient (Wildman–Crippen LogP) is 1.59. The van der Waals surface area contributed by atoms with Gasteiger partial charge in [0.2, 0.25) is 11.8 Å². The Hall–Kier alpha value is -3.34. The molecule has 0 radical (unpaired) electrons. The fraction of sp³-hybridized carbons (Fsp3) is 0.350. The van der Waals surface area contributed by atoms with Crippen molar-refractivity contribution < 1.29 is 14.0 Å². The fourth-order valence-electron chi connectivity index (χ4n) is 3.54. The minimum Gasteiger partial charge on any atom is -0.359 e. The summed E-state index contributed by atoms with van der Waals surface area (Å²) < 4.78 is 14.6. The van der Waals surface area contributed by atoms with Crippen LogP contribution in [-0.2, 0) is 16.1 Å². The number of amides is 2. The molecule has 2 aromatic heterocycles. The van der Waals surface area contributed by atoms with Gasteiger partial charge >= 0.3 is 0 Å². The zero-order valence-corrected chi connectivity index (χ0v) is 17.6. The molecule has 3 heterocycles. The first kappa shape index (κ1) is 20.9. The summed E-state index contributed by atoms with van der Waals surface area (Å²) in [5, 5.41) is 5.94. The lowest BCUT2D eigenvalue weighted by Crippen LogP contribution is -2.42. The van der Waals surface area contributed by atoms with Gasteiger partial charge in [-0.05, 0) is 37.1 Å². The number of carbonyl (C=O) groups excluding carboxylic acids is 2. The van der Waals surface area contributed by atoms with Crippen molar-refractivity contribution in [3.05, 3.63) is 46.8 Å². The number of benzene rings is 1. The third kappa shape index (κ3) is 4.55. The van der Waals surface area contributed by atoms with Gasteiger partial charge in [-0.2, -0.15) is 4.98 Å². The first-order valence-corrected chi connectivity index (χ1v) is 10.6. The maximum atomic E-state index is 13.0. The lowest BCUT2D eigenvalue weighted by molar-refractivity contribution is -0.124. The second kappa shape index (κ2) is 8.80. The number of nitrogens with zero attached hydrogens (tertiary/aromatic N) is 4.